The number of nitrogens with zero attached hydrogens (tertiary/aromatic N) is 2. The third-order valence-electron chi connectivity index (χ3n) is 4.95. The standard InChI is InChI=1S/C23H21FN4O3/c1-14-15(2)28(12-16-6-4-3-5-7-16)22(19(14)11-25)27-21(29)13-31-23(30)18-9-8-17(24)10-20(18)26/h3-10H,12-13,26H2,1-2H3,(H,27,29). The number of benzene rings is 2. The number of nitrogen functional groups attached to an aromatic ring is 1. The molecule has 0 fully saturated rings. The number of nitriles is 1. The number of aromatic nitrogens is 1. The van der Waals surface area contributed by atoms with Gasteiger partial charge in [-0.25, -0.2) is 9.18 Å². The molecule has 2 aromatic carbocycles. The van der Waals surface area contributed by atoms with Gasteiger partial charge in [-0.2, -0.15) is 5.26 Å². The van der Waals surface area contributed by atoms with E-state index in [0.717, 1.165) is 29.0 Å². The van der Waals surface area contributed by atoms with Gasteiger partial charge in [-0.3, -0.25) is 4.79 Å². The lowest BCUT2D eigenvalue weighted by atomic mass is 10.2. The number of hydrogen-bond donors (Lipinski definition) is 2. The Morgan fingerprint density at radius 1 is 1.19 bits per heavy atom. The van der Waals surface area contributed by atoms with E-state index in [1.54, 1.807) is 0 Å². The molecule has 0 radical (unpaired) electrons. The smallest absolute Gasteiger partial charge is 0.340 e. The fourth-order valence-electron chi connectivity index (χ4n) is 3.19. The molecule has 1 amide bonds. The van der Waals surface area contributed by atoms with Gasteiger partial charge < -0.3 is 20.4 Å². The Morgan fingerprint density at radius 2 is 1.90 bits per heavy atom. The number of ether oxygens (including phenoxy) is 1. The minimum Gasteiger partial charge on any atom is -0.452 e. The average molecular weight is 420 g/mol. The molecule has 3 aromatic rings. The molecule has 0 bridgehead atoms. The van der Waals surface area contributed by atoms with E-state index < -0.39 is 24.3 Å². The maximum absolute atomic E-state index is 13.1. The molecule has 3 rings (SSSR count). The molecule has 7 nitrogen and oxygen atoms in total. The van der Waals surface area contributed by atoms with Crippen LogP contribution in [0.15, 0.2) is 48.5 Å². The first-order valence-electron chi connectivity index (χ1n) is 9.47. The maximum Gasteiger partial charge on any atom is 0.340 e. The summed E-state index contributed by atoms with van der Waals surface area (Å²) < 4.78 is 20.0. The van der Waals surface area contributed by atoms with Crippen LogP contribution in [0.2, 0.25) is 0 Å². The topological polar surface area (TPSA) is 110 Å². The van der Waals surface area contributed by atoms with Crippen molar-refractivity contribution < 1.29 is 18.7 Å². The Balaban J connectivity index is 1.76. The summed E-state index contributed by atoms with van der Waals surface area (Å²) >= 11 is 0. The fraction of sp³-hybridized carbons (Fsp3) is 0.174. The van der Waals surface area contributed by atoms with Crippen molar-refractivity contribution in [3.8, 4) is 6.07 Å². The summed E-state index contributed by atoms with van der Waals surface area (Å²) in [7, 11) is 0. The third kappa shape index (κ3) is 4.73. The lowest BCUT2D eigenvalue weighted by Gasteiger charge is -2.13. The molecule has 1 aromatic heterocycles. The molecule has 1 heterocycles. The second-order valence-electron chi connectivity index (χ2n) is 6.97. The second-order valence-corrected chi connectivity index (χ2v) is 6.97. The highest BCUT2D eigenvalue weighted by molar-refractivity contribution is 5.98. The van der Waals surface area contributed by atoms with Crippen molar-refractivity contribution in [2.24, 2.45) is 0 Å². The lowest BCUT2D eigenvalue weighted by molar-refractivity contribution is -0.119. The zero-order valence-electron chi connectivity index (χ0n) is 17.1. The van der Waals surface area contributed by atoms with E-state index in [1.807, 2.05) is 48.7 Å². The van der Waals surface area contributed by atoms with Crippen LogP contribution >= 0.6 is 0 Å². The van der Waals surface area contributed by atoms with Gasteiger partial charge in [0.25, 0.3) is 5.91 Å². The van der Waals surface area contributed by atoms with Crippen LogP contribution in [0, 0.1) is 31.0 Å². The van der Waals surface area contributed by atoms with Gasteiger partial charge in [0.15, 0.2) is 6.61 Å². The number of hydrogen-bond acceptors (Lipinski definition) is 5. The Bertz CT molecular complexity index is 1180. The van der Waals surface area contributed by atoms with Crippen LogP contribution in [0.3, 0.4) is 0 Å². The first kappa shape index (κ1) is 21.6. The number of halogens is 1. The van der Waals surface area contributed by atoms with Gasteiger partial charge in [-0.15, -0.1) is 0 Å². The number of carbonyl (C=O) groups is 2. The Kier molecular flexibility index (Phi) is 6.36. The molecular formula is C23H21FN4O3. The summed E-state index contributed by atoms with van der Waals surface area (Å²) in [6, 6.07) is 15.0. The van der Waals surface area contributed by atoms with Gasteiger partial charge >= 0.3 is 5.97 Å². The van der Waals surface area contributed by atoms with Crippen LogP contribution in [0.1, 0.15) is 32.7 Å². The van der Waals surface area contributed by atoms with Gasteiger partial charge in [-0.05, 0) is 43.2 Å². The number of anilines is 2. The van der Waals surface area contributed by atoms with Gasteiger partial charge in [-0.1, -0.05) is 30.3 Å². The first-order valence-corrected chi connectivity index (χ1v) is 9.47. The quantitative estimate of drug-likeness (QED) is 0.468. The van der Waals surface area contributed by atoms with E-state index in [9.17, 15) is 19.2 Å². The Hall–Kier alpha value is -4.12. The second kappa shape index (κ2) is 9.13. The maximum atomic E-state index is 13.1. The predicted octanol–water partition coefficient (Wildman–Crippen LogP) is 3.54. The highest BCUT2D eigenvalue weighted by Gasteiger charge is 2.21. The van der Waals surface area contributed by atoms with Gasteiger partial charge in [0.1, 0.15) is 17.7 Å². The minimum absolute atomic E-state index is 0.0361. The van der Waals surface area contributed by atoms with Crippen LogP contribution in [0.4, 0.5) is 15.9 Å². The Morgan fingerprint density at radius 3 is 2.55 bits per heavy atom. The fourth-order valence-corrected chi connectivity index (χ4v) is 3.19. The van der Waals surface area contributed by atoms with Gasteiger partial charge in [0.05, 0.1) is 11.1 Å². The van der Waals surface area contributed by atoms with Crippen molar-refractivity contribution in [2.45, 2.75) is 20.4 Å². The molecule has 0 saturated heterocycles. The van der Waals surface area contributed by atoms with Crippen molar-refractivity contribution in [2.75, 3.05) is 17.7 Å². The molecule has 0 saturated carbocycles. The number of carbonyl (C=O) groups excluding carboxylic acids is 2. The van der Waals surface area contributed by atoms with Crippen molar-refractivity contribution >= 4 is 23.4 Å². The monoisotopic (exact) mass is 420 g/mol. The van der Waals surface area contributed by atoms with Crippen LogP contribution in [0.25, 0.3) is 0 Å². The van der Waals surface area contributed by atoms with E-state index in [4.69, 9.17) is 10.5 Å². The number of nitrogens with one attached hydrogen (secondary N) is 1. The molecule has 0 aliphatic heterocycles. The molecule has 158 valence electrons. The minimum atomic E-state index is -0.847. The van der Waals surface area contributed by atoms with Crippen LogP contribution in [-0.2, 0) is 16.1 Å². The molecule has 0 unspecified atom stereocenters. The molecule has 0 aliphatic carbocycles. The highest BCUT2D eigenvalue weighted by Crippen LogP contribution is 2.27. The summed E-state index contributed by atoms with van der Waals surface area (Å²) in [6.45, 7) is 3.54. The molecule has 0 aliphatic rings. The summed E-state index contributed by atoms with van der Waals surface area (Å²) in [5.74, 6) is -1.71. The van der Waals surface area contributed by atoms with Crippen molar-refractivity contribution in [3.63, 3.8) is 0 Å². The normalized spacial score (nSPS) is 10.4. The van der Waals surface area contributed by atoms with E-state index in [1.165, 1.54) is 6.07 Å². The van der Waals surface area contributed by atoms with Crippen molar-refractivity contribution in [3.05, 3.63) is 82.3 Å². The highest BCUT2D eigenvalue weighted by atomic mass is 19.1. The van der Waals surface area contributed by atoms with E-state index in [0.29, 0.717) is 17.9 Å². The van der Waals surface area contributed by atoms with E-state index in [2.05, 4.69) is 11.4 Å². The van der Waals surface area contributed by atoms with Crippen LogP contribution in [0.5, 0.6) is 0 Å². The molecule has 0 spiro atoms. The zero-order valence-corrected chi connectivity index (χ0v) is 17.1. The summed E-state index contributed by atoms with van der Waals surface area (Å²) in [4.78, 5) is 24.6. The average Bonchev–Trinajstić information content (AvgIpc) is 2.96. The number of amides is 1. The predicted molar refractivity (Wildman–Crippen MR) is 114 cm³/mol. The van der Waals surface area contributed by atoms with E-state index in [-0.39, 0.29) is 11.3 Å². The zero-order chi connectivity index (χ0) is 22.5. The van der Waals surface area contributed by atoms with Crippen LogP contribution in [-0.4, -0.2) is 23.1 Å². The van der Waals surface area contributed by atoms with Crippen molar-refractivity contribution in [1.29, 1.82) is 5.26 Å². The lowest BCUT2D eigenvalue weighted by Crippen LogP contribution is -2.23. The van der Waals surface area contributed by atoms with Crippen molar-refractivity contribution in [1.82, 2.24) is 4.57 Å². The number of esters is 1. The molecule has 3 N–H and O–H groups in total. The molecule has 8 heteroatoms. The first-order chi connectivity index (χ1) is 14.8. The van der Waals surface area contributed by atoms with Gasteiger partial charge in [0, 0.05) is 17.9 Å². The summed E-state index contributed by atoms with van der Waals surface area (Å²) in [5, 5.41) is 12.3. The van der Waals surface area contributed by atoms with Gasteiger partial charge in [0.2, 0.25) is 0 Å². The number of nitrogens with two attached hydrogens (primary N) is 1. The Labute approximate surface area is 178 Å². The molecular weight excluding hydrogens is 399 g/mol. The third-order valence-corrected chi connectivity index (χ3v) is 4.95. The van der Waals surface area contributed by atoms with Crippen LogP contribution < -0.4 is 11.1 Å². The van der Waals surface area contributed by atoms with E-state index >= 15 is 0 Å². The summed E-state index contributed by atoms with van der Waals surface area (Å²) in [5.41, 5.74) is 8.44. The summed E-state index contributed by atoms with van der Waals surface area (Å²) in [6.07, 6.45) is 0. The largest absolute Gasteiger partial charge is 0.452 e. The molecule has 31 heavy (non-hydrogen) atoms. The SMILES string of the molecule is Cc1c(C#N)c(NC(=O)COC(=O)c2ccc(F)cc2N)n(Cc2ccccc2)c1C. The molecule has 0 atom stereocenters. The number of rotatable bonds is 6.